The van der Waals surface area contributed by atoms with Gasteiger partial charge in [-0.1, -0.05) is 0 Å². The number of hydrogen-bond donors (Lipinski definition) is 1. The fraction of sp³-hybridized carbons (Fsp3) is 0.214. The lowest BCUT2D eigenvalue weighted by Gasteiger charge is -2.15. The first-order chi connectivity index (χ1) is 9.48. The highest BCUT2D eigenvalue weighted by molar-refractivity contribution is 7.17. The summed E-state index contributed by atoms with van der Waals surface area (Å²) in [7, 11) is 0. The minimum Gasteiger partial charge on any atom is -0.481 e. The minimum atomic E-state index is -0.977. The molecule has 0 saturated carbocycles. The number of carbonyl (C=O) groups is 1. The van der Waals surface area contributed by atoms with Crippen LogP contribution in [-0.4, -0.2) is 21.0 Å². The van der Waals surface area contributed by atoms with Crippen molar-refractivity contribution < 1.29 is 9.90 Å². The minimum absolute atomic E-state index is 0.580. The molecule has 6 heteroatoms. The lowest BCUT2D eigenvalue weighted by molar-refractivity contribution is -0.142. The van der Waals surface area contributed by atoms with Crippen molar-refractivity contribution in [2.24, 2.45) is 0 Å². The van der Waals surface area contributed by atoms with Crippen LogP contribution in [0.5, 0.6) is 0 Å². The van der Waals surface area contributed by atoms with Gasteiger partial charge in [-0.05, 0) is 31.4 Å². The van der Waals surface area contributed by atoms with Crippen molar-refractivity contribution in [2.75, 3.05) is 0 Å². The summed E-state index contributed by atoms with van der Waals surface area (Å²) in [4.78, 5) is 20.1. The number of thiophene rings is 1. The number of nitrogens with zero attached hydrogens (tertiary/aromatic N) is 2. The van der Waals surface area contributed by atoms with Crippen molar-refractivity contribution in [1.82, 2.24) is 9.97 Å². The second kappa shape index (κ2) is 4.64. The van der Waals surface area contributed by atoms with Gasteiger partial charge >= 0.3 is 5.97 Å². The fourth-order valence-electron chi connectivity index (χ4n) is 1.77. The highest BCUT2D eigenvalue weighted by Gasteiger charge is 2.32. The van der Waals surface area contributed by atoms with E-state index in [1.807, 2.05) is 22.9 Å². The molecule has 1 N–H and O–H groups in total. The maximum absolute atomic E-state index is 11.3. The van der Waals surface area contributed by atoms with Gasteiger partial charge in [0.1, 0.15) is 10.4 Å². The number of pyridine rings is 1. The number of aliphatic carboxylic acids is 1. The van der Waals surface area contributed by atoms with E-state index in [0.29, 0.717) is 5.69 Å². The molecular formula is C14H12N2O2S2. The molecule has 102 valence electrons. The average molecular weight is 304 g/mol. The monoisotopic (exact) mass is 304 g/mol. The molecule has 3 aromatic rings. The van der Waals surface area contributed by atoms with E-state index >= 15 is 0 Å². The molecule has 3 heterocycles. The van der Waals surface area contributed by atoms with Crippen LogP contribution in [0.25, 0.3) is 20.8 Å². The SMILES string of the molecule is CC(C)(C(=O)O)c1csc(-c2cnc3ccsc3c2)n1. The fourth-order valence-corrected chi connectivity index (χ4v) is 3.52. The Hall–Kier alpha value is -1.79. The Morgan fingerprint density at radius 3 is 2.90 bits per heavy atom. The van der Waals surface area contributed by atoms with E-state index in [-0.39, 0.29) is 0 Å². The highest BCUT2D eigenvalue weighted by Crippen LogP contribution is 2.32. The molecule has 3 aromatic heterocycles. The molecule has 0 atom stereocenters. The molecule has 0 aliphatic carbocycles. The predicted molar refractivity (Wildman–Crippen MR) is 81.4 cm³/mol. The Morgan fingerprint density at radius 1 is 1.35 bits per heavy atom. The molecule has 0 aromatic carbocycles. The average Bonchev–Trinajstić information content (AvgIpc) is 3.06. The molecule has 0 radical (unpaired) electrons. The summed E-state index contributed by atoms with van der Waals surface area (Å²) < 4.78 is 1.11. The Balaban J connectivity index is 2.03. The molecule has 0 aliphatic rings. The van der Waals surface area contributed by atoms with E-state index in [0.717, 1.165) is 20.8 Å². The van der Waals surface area contributed by atoms with Crippen LogP contribution in [0.1, 0.15) is 19.5 Å². The zero-order valence-corrected chi connectivity index (χ0v) is 12.6. The van der Waals surface area contributed by atoms with Crippen LogP contribution in [0, 0.1) is 0 Å². The van der Waals surface area contributed by atoms with Gasteiger partial charge in [0.2, 0.25) is 0 Å². The van der Waals surface area contributed by atoms with Gasteiger partial charge in [0.15, 0.2) is 0 Å². The van der Waals surface area contributed by atoms with E-state index in [2.05, 4.69) is 9.97 Å². The first kappa shape index (κ1) is 13.2. The number of thiazole rings is 1. The Morgan fingerprint density at radius 2 is 2.15 bits per heavy atom. The van der Waals surface area contributed by atoms with Gasteiger partial charge in [-0.15, -0.1) is 22.7 Å². The van der Waals surface area contributed by atoms with E-state index in [1.54, 1.807) is 31.4 Å². The van der Waals surface area contributed by atoms with Crippen LogP contribution < -0.4 is 0 Å². The van der Waals surface area contributed by atoms with E-state index < -0.39 is 11.4 Å². The van der Waals surface area contributed by atoms with Gasteiger partial charge in [-0.2, -0.15) is 0 Å². The number of rotatable bonds is 3. The van der Waals surface area contributed by atoms with Crippen LogP contribution in [0.3, 0.4) is 0 Å². The van der Waals surface area contributed by atoms with Gasteiger partial charge in [0, 0.05) is 17.1 Å². The van der Waals surface area contributed by atoms with Crippen LogP contribution in [0.15, 0.2) is 29.1 Å². The Labute approximate surface area is 123 Å². The van der Waals surface area contributed by atoms with E-state index in [1.165, 1.54) is 11.3 Å². The number of aromatic nitrogens is 2. The molecule has 4 nitrogen and oxygen atoms in total. The van der Waals surface area contributed by atoms with Crippen molar-refractivity contribution in [3.63, 3.8) is 0 Å². The number of fused-ring (bicyclic) bond motifs is 1. The Bertz CT molecular complexity index is 789. The van der Waals surface area contributed by atoms with Crippen molar-refractivity contribution in [3.05, 3.63) is 34.8 Å². The van der Waals surface area contributed by atoms with Crippen molar-refractivity contribution in [3.8, 4) is 10.6 Å². The van der Waals surface area contributed by atoms with Crippen LogP contribution in [0.2, 0.25) is 0 Å². The molecule has 0 aliphatic heterocycles. The lowest BCUT2D eigenvalue weighted by Crippen LogP contribution is -2.28. The van der Waals surface area contributed by atoms with Crippen molar-refractivity contribution >= 4 is 38.9 Å². The third-order valence-electron chi connectivity index (χ3n) is 3.23. The van der Waals surface area contributed by atoms with Gasteiger partial charge in [0.05, 0.1) is 15.9 Å². The summed E-state index contributed by atoms with van der Waals surface area (Å²) in [6.45, 7) is 3.32. The zero-order valence-electron chi connectivity index (χ0n) is 11.0. The number of carboxylic acid groups (broad SMARTS) is 1. The normalized spacial score (nSPS) is 11.9. The molecule has 0 fully saturated rings. The zero-order chi connectivity index (χ0) is 14.3. The third kappa shape index (κ3) is 2.10. The number of hydrogen-bond acceptors (Lipinski definition) is 5. The third-order valence-corrected chi connectivity index (χ3v) is 4.97. The summed E-state index contributed by atoms with van der Waals surface area (Å²) in [5.74, 6) is -0.874. The molecule has 3 rings (SSSR count). The van der Waals surface area contributed by atoms with Crippen LogP contribution in [-0.2, 0) is 10.2 Å². The van der Waals surface area contributed by atoms with Gasteiger partial charge in [-0.3, -0.25) is 9.78 Å². The molecule has 0 saturated heterocycles. The standard InChI is InChI=1S/C14H12N2O2S2/c1-14(2,13(17)18)11-7-20-12(16-11)8-5-10-9(15-6-8)3-4-19-10/h3-7H,1-2H3,(H,17,18). The second-order valence-corrected chi connectivity index (χ2v) is 6.80. The maximum Gasteiger partial charge on any atom is 0.315 e. The summed E-state index contributed by atoms with van der Waals surface area (Å²) in [5.41, 5.74) is 1.50. The molecule has 0 spiro atoms. The largest absolute Gasteiger partial charge is 0.481 e. The quantitative estimate of drug-likeness (QED) is 0.800. The topological polar surface area (TPSA) is 63.1 Å². The highest BCUT2D eigenvalue weighted by atomic mass is 32.1. The first-order valence-electron chi connectivity index (χ1n) is 6.01. The molecule has 20 heavy (non-hydrogen) atoms. The predicted octanol–water partition coefficient (Wildman–Crippen LogP) is 3.78. The maximum atomic E-state index is 11.3. The summed E-state index contributed by atoms with van der Waals surface area (Å²) >= 11 is 3.08. The first-order valence-corrected chi connectivity index (χ1v) is 7.77. The van der Waals surface area contributed by atoms with E-state index in [9.17, 15) is 9.90 Å². The second-order valence-electron chi connectivity index (χ2n) is 5.00. The molecule has 0 unspecified atom stereocenters. The molecule has 0 bridgehead atoms. The van der Waals surface area contributed by atoms with Crippen LogP contribution in [0.4, 0.5) is 0 Å². The van der Waals surface area contributed by atoms with Crippen molar-refractivity contribution in [2.45, 2.75) is 19.3 Å². The van der Waals surface area contributed by atoms with Gasteiger partial charge in [-0.25, -0.2) is 4.98 Å². The smallest absolute Gasteiger partial charge is 0.315 e. The number of carboxylic acids is 1. The van der Waals surface area contributed by atoms with E-state index in [4.69, 9.17) is 0 Å². The van der Waals surface area contributed by atoms with Crippen molar-refractivity contribution in [1.29, 1.82) is 0 Å². The summed E-state index contributed by atoms with van der Waals surface area (Å²) in [6, 6.07) is 4.02. The molecular weight excluding hydrogens is 292 g/mol. The Kier molecular flexibility index (Phi) is 3.07. The summed E-state index contributed by atoms with van der Waals surface area (Å²) in [6.07, 6.45) is 1.78. The molecule has 0 amide bonds. The van der Waals surface area contributed by atoms with Gasteiger partial charge < -0.3 is 5.11 Å². The summed E-state index contributed by atoms with van der Waals surface area (Å²) in [5, 5.41) is 13.9. The lowest BCUT2D eigenvalue weighted by atomic mass is 9.90. The van der Waals surface area contributed by atoms with Crippen LogP contribution >= 0.6 is 22.7 Å². The van der Waals surface area contributed by atoms with Gasteiger partial charge in [0.25, 0.3) is 0 Å².